The minimum Gasteiger partial charge on any atom is -0.379 e. The van der Waals surface area contributed by atoms with E-state index in [1.165, 1.54) is 0 Å². The van der Waals surface area contributed by atoms with E-state index in [9.17, 15) is 4.79 Å². The first-order valence-electron chi connectivity index (χ1n) is 5.39. The molecule has 0 atom stereocenters. The largest absolute Gasteiger partial charge is 0.379 e. The average Bonchev–Trinajstić information content (AvgIpc) is 2.29. The highest BCUT2D eigenvalue weighted by Crippen LogP contribution is 2.22. The average molecular weight is 367 g/mol. The molecule has 2 nitrogen and oxygen atoms in total. The summed E-state index contributed by atoms with van der Waals surface area (Å²) in [6.07, 6.45) is 1.17. The molecule has 1 aromatic rings. The number of carbonyl (C=O) groups is 1. The highest BCUT2D eigenvalue weighted by atomic mass is 127. The van der Waals surface area contributed by atoms with Crippen LogP contribution in [0.3, 0.4) is 0 Å². The monoisotopic (exact) mass is 366 g/mol. The van der Waals surface area contributed by atoms with Gasteiger partial charge in [-0.15, -0.1) is 0 Å². The number of Topliss-reactive ketones (excluding diaryl/α,β-unsaturated/α-hetero) is 1. The minimum absolute atomic E-state index is 0.113. The molecule has 0 saturated heterocycles. The first-order valence-corrected chi connectivity index (χ1v) is 6.85. The van der Waals surface area contributed by atoms with Crippen molar-refractivity contribution in [3.63, 3.8) is 0 Å². The standard InChI is InChI=1S/C13H16ClIO2/c1-13(2,17-3)7-6-12(16)10-8-9(14)4-5-11(10)15/h4-5,8H,6-7H2,1-3H3. The fourth-order valence-corrected chi connectivity index (χ4v) is 2.17. The normalized spacial score (nSPS) is 11.6. The highest BCUT2D eigenvalue weighted by Gasteiger charge is 2.19. The summed E-state index contributed by atoms with van der Waals surface area (Å²) in [6, 6.07) is 5.38. The molecule has 0 unspecified atom stereocenters. The smallest absolute Gasteiger partial charge is 0.164 e. The van der Waals surface area contributed by atoms with Gasteiger partial charge in [0.25, 0.3) is 0 Å². The molecule has 1 aromatic carbocycles. The van der Waals surface area contributed by atoms with Crippen molar-refractivity contribution in [3.05, 3.63) is 32.4 Å². The number of ketones is 1. The van der Waals surface area contributed by atoms with Gasteiger partial charge in [0, 0.05) is 27.7 Å². The van der Waals surface area contributed by atoms with E-state index in [0.29, 0.717) is 23.4 Å². The topological polar surface area (TPSA) is 26.3 Å². The lowest BCUT2D eigenvalue weighted by Crippen LogP contribution is -2.23. The number of ether oxygens (including phenoxy) is 1. The van der Waals surface area contributed by atoms with Gasteiger partial charge in [0.05, 0.1) is 5.60 Å². The summed E-state index contributed by atoms with van der Waals surface area (Å²) >= 11 is 8.05. The lowest BCUT2D eigenvalue weighted by molar-refractivity contribution is 0.0141. The number of hydrogen-bond donors (Lipinski definition) is 0. The summed E-state index contributed by atoms with van der Waals surface area (Å²) < 4.78 is 6.23. The molecule has 0 amide bonds. The summed E-state index contributed by atoms with van der Waals surface area (Å²) in [5, 5.41) is 0.597. The van der Waals surface area contributed by atoms with Crippen molar-refractivity contribution in [3.8, 4) is 0 Å². The predicted octanol–water partition coefficient (Wildman–Crippen LogP) is 4.33. The Bertz CT molecular complexity index is 416. The van der Waals surface area contributed by atoms with Crippen LogP contribution in [0.15, 0.2) is 18.2 Å². The van der Waals surface area contributed by atoms with E-state index in [1.807, 2.05) is 19.9 Å². The zero-order chi connectivity index (χ0) is 13.1. The Morgan fingerprint density at radius 1 is 1.47 bits per heavy atom. The van der Waals surface area contributed by atoms with Gasteiger partial charge in [-0.2, -0.15) is 0 Å². The zero-order valence-corrected chi connectivity index (χ0v) is 13.1. The number of benzene rings is 1. The van der Waals surface area contributed by atoms with E-state index >= 15 is 0 Å². The Kier molecular flexibility index (Phi) is 5.41. The van der Waals surface area contributed by atoms with Gasteiger partial charge < -0.3 is 4.74 Å². The number of halogens is 2. The Hall–Kier alpha value is -0.130. The predicted molar refractivity (Wildman–Crippen MR) is 78.8 cm³/mol. The van der Waals surface area contributed by atoms with Crippen LogP contribution >= 0.6 is 34.2 Å². The third-order valence-electron chi connectivity index (χ3n) is 2.74. The molecular formula is C13H16ClIO2. The van der Waals surface area contributed by atoms with E-state index in [2.05, 4.69) is 22.6 Å². The second-order valence-electron chi connectivity index (χ2n) is 4.51. The molecule has 0 aliphatic rings. The van der Waals surface area contributed by atoms with Crippen LogP contribution in [0.1, 0.15) is 37.0 Å². The lowest BCUT2D eigenvalue weighted by atomic mass is 9.98. The number of carbonyl (C=O) groups excluding carboxylic acids is 1. The SMILES string of the molecule is COC(C)(C)CCC(=O)c1cc(Cl)ccc1I. The maximum Gasteiger partial charge on any atom is 0.164 e. The van der Waals surface area contributed by atoms with E-state index in [0.717, 1.165) is 3.57 Å². The maximum atomic E-state index is 12.1. The first-order chi connectivity index (χ1) is 7.85. The van der Waals surface area contributed by atoms with Crippen molar-refractivity contribution in [2.24, 2.45) is 0 Å². The lowest BCUT2D eigenvalue weighted by Gasteiger charge is -2.22. The maximum absolute atomic E-state index is 12.1. The van der Waals surface area contributed by atoms with Gasteiger partial charge in [0.2, 0.25) is 0 Å². The molecule has 0 aliphatic heterocycles. The van der Waals surface area contributed by atoms with Crippen molar-refractivity contribution in [2.45, 2.75) is 32.3 Å². The van der Waals surface area contributed by atoms with Crippen LogP contribution in [-0.2, 0) is 4.74 Å². The zero-order valence-electron chi connectivity index (χ0n) is 10.2. The fourth-order valence-electron chi connectivity index (χ4n) is 1.36. The van der Waals surface area contributed by atoms with Crippen LogP contribution in [0.5, 0.6) is 0 Å². The van der Waals surface area contributed by atoms with Gasteiger partial charge in [-0.05, 0) is 61.1 Å². The van der Waals surface area contributed by atoms with Crippen LogP contribution in [0, 0.1) is 3.57 Å². The summed E-state index contributed by atoms with van der Waals surface area (Å²) in [5.41, 5.74) is 0.435. The molecule has 94 valence electrons. The highest BCUT2D eigenvalue weighted by molar-refractivity contribution is 14.1. The van der Waals surface area contributed by atoms with Gasteiger partial charge in [-0.25, -0.2) is 0 Å². The van der Waals surface area contributed by atoms with Gasteiger partial charge >= 0.3 is 0 Å². The molecular weight excluding hydrogens is 350 g/mol. The molecule has 0 saturated carbocycles. The molecule has 0 N–H and O–H groups in total. The van der Waals surface area contributed by atoms with Crippen molar-refractivity contribution >= 4 is 40.0 Å². The van der Waals surface area contributed by atoms with Crippen LogP contribution in [0.4, 0.5) is 0 Å². The molecule has 0 aliphatic carbocycles. The quantitative estimate of drug-likeness (QED) is 0.572. The Labute approximate surface area is 121 Å². The minimum atomic E-state index is -0.264. The van der Waals surface area contributed by atoms with E-state index < -0.39 is 0 Å². The molecule has 0 bridgehead atoms. The van der Waals surface area contributed by atoms with Crippen molar-refractivity contribution in [2.75, 3.05) is 7.11 Å². The number of methoxy groups -OCH3 is 1. The molecule has 0 radical (unpaired) electrons. The van der Waals surface area contributed by atoms with Crippen LogP contribution in [0.25, 0.3) is 0 Å². The first kappa shape index (κ1) is 14.9. The van der Waals surface area contributed by atoms with Gasteiger partial charge in [0.15, 0.2) is 5.78 Å². The van der Waals surface area contributed by atoms with Crippen molar-refractivity contribution < 1.29 is 9.53 Å². The summed E-state index contributed by atoms with van der Waals surface area (Å²) in [7, 11) is 1.66. The molecule has 0 spiro atoms. The van der Waals surface area contributed by atoms with Crippen molar-refractivity contribution in [1.82, 2.24) is 0 Å². The van der Waals surface area contributed by atoms with E-state index in [-0.39, 0.29) is 11.4 Å². The summed E-state index contributed by atoms with van der Waals surface area (Å²) in [5.74, 6) is 0.113. The fraction of sp³-hybridized carbons (Fsp3) is 0.462. The van der Waals surface area contributed by atoms with Crippen LogP contribution in [0.2, 0.25) is 5.02 Å². The summed E-state index contributed by atoms with van der Waals surface area (Å²) in [4.78, 5) is 12.1. The molecule has 4 heteroatoms. The van der Waals surface area contributed by atoms with Crippen molar-refractivity contribution in [1.29, 1.82) is 0 Å². The summed E-state index contributed by atoms with van der Waals surface area (Å²) in [6.45, 7) is 3.95. The van der Waals surface area contributed by atoms with Crippen LogP contribution < -0.4 is 0 Å². The third kappa shape index (κ3) is 4.56. The Morgan fingerprint density at radius 3 is 2.71 bits per heavy atom. The second kappa shape index (κ2) is 6.16. The second-order valence-corrected chi connectivity index (χ2v) is 6.11. The molecule has 0 heterocycles. The number of rotatable bonds is 5. The number of hydrogen-bond acceptors (Lipinski definition) is 2. The molecule has 0 aromatic heterocycles. The van der Waals surface area contributed by atoms with Gasteiger partial charge in [-0.1, -0.05) is 11.6 Å². The Balaban J connectivity index is 2.74. The van der Waals surface area contributed by atoms with Gasteiger partial charge in [-0.3, -0.25) is 4.79 Å². The molecule has 17 heavy (non-hydrogen) atoms. The molecule has 1 rings (SSSR count). The van der Waals surface area contributed by atoms with E-state index in [4.69, 9.17) is 16.3 Å². The molecule has 0 fully saturated rings. The van der Waals surface area contributed by atoms with Crippen LogP contribution in [-0.4, -0.2) is 18.5 Å². The van der Waals surface area contributed by atoms with Gasteiger partial charge in [0.1, 0.15) is 0 Å². The Morgan fingerprint density at radius 2 is 2.12 bits per heavy atom. The third-order valence-corrected chi connectivity index (χ3v) is 3.91. The van der Waals surface area contributed by atoms with E-state index in [1.54, 1.807) is 19.2 Å².